The largest absolute Gasteiger partial charge is 0.212 e. The molecule has 116 valence electrons. The van der Waals surface area contributed by atoms with Crippen molar-refractivity contribution < 1.29 is 19.6 Å². The fourth-order valence-electron chi connectivity index (χ4n) is 2.59. The van der Waals surface area contributed by atoms with Gasteiger partial charge in [0.05, 0.1) is 6.85 Å². The Morgan fingerprint density at radius 1 is 0.826 bits per heavy atom. The lowest BCUT2D eigenvalue weighted by Gasteiger charge is -2.12. The molecule has 0 aliphatic rings. The van der Waals surface area contributed by atoms with Gasteiger partial charge in [0.2, 0.25) is 5.69 Å². The summed E-state index contributed by atoms with van der Waals surface area (Å²) in [5, 5.41) is 0. The van der Waals surface area contributed by atoms with E-state index < -0.39 is 43.9 Å². The minimum atomic E-state index is -2.61. The molecule has 1 nitrogen and oxygen atoms in total. The zero-order valence-electron chi connectivity index (χ0n) is 24.3. The number of hydrogen-bond donors (Lipinski definition) is 0. The highest BCUT2D eigenvalue weighted by molar-refractivity contribution is 5.75. The number of pyridine rings is 1. The third kappa shape index (κ3) is 2.92. The van der Waals surface area contributed by atoms with Crippen LogP contribution in [0.2, 0.25) is 0 Å². The van der Waals surface area contributed by atoms with Crippen LogP contribution in [0.25, 0.3) is 22.4 Å². The van der Waals surface area contributed by atoms with Crippen LogP contribution in [0.15, 0.2) is 54.6 Å². The fourth-order valence-corrected chi connectivity index (χ4v) is 2.59. The van der Waals surface area contributed by atoms with E-state index in [4.69, 9.17) is 15.1 Å². The highest BCUT2D eigenvalue weighted by Crippen LogP contribution is 2.31. The first-order valence-electron chi connectivity index (χ1n) is 12.7. The number of hydrogen-bond acceptors (Lipinski definition) is 0. The SMILES string of the molecule is [2H]c1c([2H])c([2H])c(-c2cc(-c3cc(C)c(C([2H])([2H])[2H])c[n+]3C)c(C)cc2C([2H])([2H])[2H])c([2H])c1[2H]. The predicted molar refractivity (Wildman–Crippen MR) is 97.4 cm³/mol. The van der Waals surface area contributed by atoms with Crippen molar-refractivity contribution in [3.05, 3.63) is 76.9 Å². The van der Waals surface area contributed by atoms with Gasteiger partial charge in [-0.1, -0.05) is 36.3 Å². The molecule has 3 rings (SSSR count). The van der Waals surface area contributed by atoms with Crippen molar-refractivity contribution in [1.29, 1.82) is 0 Å². The number of aromatic nitrogens is 1. The van der Waals surface area contributed by atoms with Crippen molar-refractivity contribution in [3.8, 4) is 22.4 Å². The van der Waals surface area contributed by atoms with Gasteiger partial charge in [-0.3, -0.25) is 0 Å². The Morgan fingerprint density at radius 3 is 2.26 bits per heavy atom. The van der Waals surface area contributed by atoms with Crippen molar-refractivity contribution in [2.75, 3.05) is 0 Å². The molecule has 1 heteroatoms. The van der Waals surface area contributed by atoms with E-state index in [9.17, 15) is 0 Å². The van der Waals surface area contributed by atoms with Gasteiger partial charge < -0.3 is 0 Å². The van der Waals surface area contributed by atoms with Crippen LogP contribution in [0.3, 0.4) is 0 Å². The molecule has 1 aromatic heterocycles. The Balaban J connectivity index is 2.44. The van der Waals surface area contributed by atoms with Gasteiger partial charge in [0.1, 0.15) is 7.05 Å². The van der Waals surface area contributed by atoms with E-state index >= 15 is 0 Å². The van der Waals surface area contributed by atoms with E-state index in [0.717, 1.165) is 0 Å². The van der Waals surface area contributed by atoms with Crippen LogP contribution in [0.1, 0.15) is 37.3 Å². The second-order valence-corrected chi connectivity index (χ2v) is 5.58. The Kier molecular flexibility index (Phi) is 1.83. The standard InChI is InChI=1S/C22H24N/c1-15-12-22(23(5)14-18(15)4)21-13-20(16(2)11-17(21)3)19-9-7-6-8-10-19/h6-14H,1-5H3/q+1/i2D3,4D3,6D,7D,8D,9D,10D. The molecular weight excluding hydrogens is 278 g/mol. The zero-order valence-corrected chi connectivity index (χ0v) is 13.3. The molecule has 0 bridgehead atoms. The number of benzene rings is 2. The van der Waals surface area contributed by atoms with Gasteiger partial charge >= 0.3 is 0 Å². The van der Waals surface area contributed by atoms with Crippen LogP contribution in [-0.2, 0) is 7.05 Å². The van der Waals surface area contributed by atoms with Gasteiger partial charge in [0.15, 0.2) is 6.20 Å². The van der Waals surface area contributed by atoms with Crippen LogP contribution in [0.5, 0.6) is 0 Å². The molecule has 0 unspecified atom stereocenters. The maximum absolute atomic E-state index is 8.35. The molecule has 0 saturated carbocycles. The molecule has 0 aliphatic heterocycles. The van der Waals surface area contributed by atoms with Gasteiger partial charge in [-0.15, -0.1) is 0 Å². The normalized spacial score (nSPS) is 18.8. The van der Waals surface area contributed by atoms with Crippen molar-refractivity contribution in [2.24, 2.45) is 7.05 Å². The Morgan fingerprint density at radius 2 is 1.57 bits per heavy atom. The smallest absolute Gasteiger partial charge is 0.201 e. The molecule has 2 aromatic carbocycles. The molecule has 0 spiro atoms. The summed E-state index contributed by atoms with van der Waals surface area (Å²) >= 11 is 0. The van der Waals surface area contributed by atoms with Crippen LogP contribution in [-0.4, -0.2) is 0 Å². The maximum atomic E-state index is 8.35. The Bertz CT molecular complexity index is 1280. The first-order valence-corrected chi connectivity index (χ1v) is 7.20. The van der Waals surface area contributed by atoms with Crippen molar-refractivity contribution >= 4 is 0 Å². The monoisotopic (exact) mass is 313 g/mol. The van der Waals surface area contributed by atoms with E-state index in [0.29, 0.717) is 22.4 Å². The van der Waals surface area contributed by atoms with E-state index in [-0.39, 0.29) is 22.3 Å². The van der Waals surface area contributed by atoms with Crippen LogP contribution in [0, 0.1) is 27.6 Å². The van der Waals surface area contributed by atoms with Gasteiger partial charge in [0, 0.05) is 25.4 Å². The summed E-state index contributed by atoms with van der Waals surface area (Å²) in [6, 6.07) is 1.96. The minimum absolute atomic E-state index is 0.00940. The average molecular weight is 314 g/mol. The molecule has 0 radical (unpaired) electrons. The first kappa shape index (κ1) is 7.00. The number of nitrogens with zero attached hydrogens (tertiary/aromatic N) is 1. The Labute approximate surface area is 154 Å². The van der Waals surface area contributed by atoms with E-state index in [1.165, 1.54) is 18.3 Å². The third-order valence-corrected chi connectivity index (χ3v) is 3.89. The van der Waals surface area contributed by atoms with Gasteiger partial charge in [-0.05, 0) is 61.4 Å². The molecule has 3 aromatic rings. The predicted octanol–water partition coefficient (Wildman–Crippen LogP) is 5.08. The molecule has 23 heavy (non-hydrogen) atoms. The third-order valence-electron chi connectivity index (χ3n) is 3.89. The summed E-state index contributed by atoms with van der Waals surface area (Å²) in [6.07, 6.45) is 1.50. The molecule has 0 amide bonds. The highest BCUT2D eigenvalue weighted by atomic mass is 14.9. The molecule has 0 N–H and O–H groups in total. The summed E-state index contributed by atoms with van der Waals surface area (Å²) in [5.41, 5.74) is 2.11. The molecular formula is C22H24N+. The zero-order chi connectivity index (χ0) is 25.9. The highest BCUT2D eigenvalue weighted by Gasteiger charge is 2.16. The Hall–Kier alpha value is -2.41. The molecule has 0 aliphatic carbocycles. The van der Waals surface area contributed by atoms with E-state index in [1.807, 2.05) is 0 Å². The number of rotatable bonds is 2. The average Bonchev–Trinajstić information content (AvgIpc) is 2.71. The molecule has 1 heterocycles. The van der Waals surface area contributed by atoms with Crippen LogP contribution < -0.4 is 4.57 Å². The van der Waals surface area contributed by atoms with Crippen LogP contribution >= 0.6 is 0 Å². The van der Waals surface area contributed by atoms with Gasteiger partial charge in [-0.2, -0.15) is 0 Å². The van der Waals surface area contributed by atoms with Gasteiger partial charge in [-0.25, -0.2) is 4.57 Å². The van der Waals surface area contributed by atoms with E-state index in [2.05, 4.69) is 0 Å². The summed E-state index contributed by atoms with van der Waals surface area (Å²) in [7, 11) is 1.67. The lowest BCUT2D eigenvalue weighted by atomic mass is 9.93. The first-order chi connectivity index (χ1) is 15.5. The molecule has 0 atom stereocenters. The quantitative estimate of drug-likeness (QED) is 0.581. The summed E-state index contributed by atoms with van der Waals surface area (Å²) in [4.78, 5) is 0. The lowest BCUT2D eigenvalue weighted by molar-refractivity contribution is -0.660. The van der Waals surface area contributed by atoms with E-state index in [1.54, 1.807) is 31.5 Å². The fraction of sp³-hybridized carbons (Fsp3) is 0.227. The van der Waals surface area contributed by atoms with Crippen molar-refractivity contribution in [3.63, 3.8) is 0 Å². The maximum Gasteiger partial charge on any atom is 0.212 e. The topological polar surface area (TPSA) is 3.88 Å². The van der Waals surface area contributed by atoms with Crippen molar-refractivity contribution in [2.45, 2.75) is 27.6 Å². The molecule has 0 saturated heterocycles. The second-order valence-electron chi connectivity index (χ2n) is 5.58. The van der Waals surface area contributed by atoms with Gasteiger partial charge in [0.25, 0.3) is 0 Å². The summed E-state index contributed by atoms with van der Waals surface area (Å²) in [6.45, 7) is -1.53. The summed E-state index contributed by atoms with van der Waals surface area (Å²) in [5.74, 6) is 0. The van der Waals surface area contributed by atoms with Crippen LogP contribution in [0.4, 0.5) is 0 Å². The molecule has 0 fully saturated rings. The number of aryl methyl sites for hydroxylation is 5. The summed E-state index contributed by atoms with van der Waals surface area (Å²) < 4.78 is 89.5. The minimum Gasteiger partial charge on any atom is -0.201 e. The second kappa shape index (κ2) is 6.00. The lowest BCUT2D eigenvalue weighted by Crippen LogP contribution is -2.31. The van der Waals surface area contributed by atoms with Crippen molar-refractivity contribution in [1.82, 2.24) is 0 Å².